The summed E-state index contributed by atoms with van der Waals surface area (Å²) in [4.78, 5) is 23.5. The number of amides is 1. The number of H-pyrrole nitrogens is 1. The van der Waals surface area contributed by atoms with Crippen LogP contribution in [0.3, 0.4) is 0 Å². The van der Waals surface area contributed by atoms with Crippen LogP contribution in [-0.2, 0) is 0 Å². The van der Waals surface area contributed by atoms with Gasteiger partial charge in [-0.2, -0.15) is 0 Å². The van der Waals surface area contributed by atoms with Gasteiger partial charge in [0.1, 0.15) is 5.69 Å². The molecule has 2 aliphatic heterocycles. The summed E-state index contributed by atoms with van der Waals surface area (Å²) in [5.41, 5.74) is 2.05. The standard InChI is InChI=1S/C13H15N5O/c19-13(18-10-3-7-1-2-8(10)17-7)11-4-9-12(5-14-11)16-6-15-9/h4-8,10,17H,1-3H2,(H,15,16)(H,18,19)/t7-,8+,10-/m1/s1. The van der Waals surface area contributed by atoms with Crippen molar-refractivity contribution >= 4 is 16.9 Å². The molecule has 19 heavy (non-hydrogen) atoms. The van der Waals surface area contributed by atoms with Crippen molar-refractivity contribution in [3.05, 3.63) is 24.3 Å². The number of nitrogens with one attached hydrogen (secondary N) is 3. The molecule has 2 aromatic rings. The molecule has 2 aromatic heterocycles. The Labute approximate surface area is 110 Å². The van der Waals surface area contributed by atoms with Gasteiger partial charge in [0.15, 0.2) is 0 Å². The molecule has 2 fully saturated rings. The Balaban J connectivity index is 1.53. The molecule has 6 heteroatoms. The third kappa shape index (κ3) is 1.79. The number of rotatable bonds is 2. The number of hydrogen-bond acceptors (Lipinski definition) is 4. The fourth-order valence-corrected chi connectivity index (χ4v) is 3.18. The Bertz CT molecular complexity index is 637. The first-order valence-electron chi connectivity index (χ1n) is 6.65. The second-order valence-corrected chi connectivity index (χ2v) is 5.35. The van der Waals surface area contributed by atoms with E-state index < -0.39 is 0 Å². The number of aromatic amines is 1. The monoisotopic (exact) mass is 257 g/mol. The number of hydrogen-bond donors (Lipinski definition) is 3. The van der Waals surface area contributed by atoms with Gasteiger partial charge in [-0.15, -0.1) is 0 Å². The van der Waals surface area contributed by atoms with E-state index in [1.54, 1.807) is 18.6 Å². The summed E-state index contributed by atoms with van der Waals surface area (Å²) in [6, 6.07) is 2.98. The number of aromatic nitrogens is 3. The summed E-state index contributed by atoms with van der Waals surface area (Å²) in [6.07, 6.45) is 6.67. The van der Waals surface area contributed by atoms with Crippen molar-refractivity contribution in [2.75, 3.05) is 0 Å². The maximum Gasteiger partial charge on any atom is 0.270 e. The first kappa shape index (κ1) is 10.9. The number of imidazole rings is 1. The van der Waals surface area contributed by atoms with E-state index in [0.29, 0.717) is 17.8 Å². The van der Waals surface area contributed by atoms with Gasteiger partial charge in [-0.05, 0) is 25.3 Å². The summed E-state index contributed by atoms with van der Waals surface area (Å²) in [7, 11) is 0. The lowest BCUT2D eigenvalue weighted by Crippen LogP contribution is -2.43. The van der Waals surface area contributed by atoms with Gasteiger partial charge in [0, 0.05) is 18.1 Å². The van der Waals surface area contributed by atoms with Gasteiger partial charge < -0.3 is 15.6 Å². The van der Waals surface area contributed by atoms with E-state index >= 15 is 0 Å². The van der Waals surface area contributed by atoms with Crippen molar-refractivity contribution in [3.8, 4) is 0 Å². The van der Waals surface area contributed by atoms with E-state index in [1.165, 1.54) is 6.42 Å². The fourth-order valence-electron chi connectivity index (χ4n) is 3.18. The van der Waals surface area contributed by atoms with Crippen molar-refractivity contribution in [1.29, 1.82) is 0 Å². The summed E-state index contributed by atoms with van der Waals surface area (Å²) in [6.45, 7) is 0. The molecule has 6 nitrogen and oxygen atoms in total. The van der Waals surface area contributed by atoms with Gasteiger partial charge in [-0.25, -0.2) is 9.97 Å². The van der Waals surface area contributed by atoms with Crippen LogP contribution in [0.1, 0.15) is 29.8 Å². The van der Waals surface area contributed by atoms with Crippen molar-refractivity contribution in [2.45, 2.75) is 37.4 Å². The van der Waals surface area contributed by atoms with Gasteiger partial charge in [0.25, 0.3) is 5.91 Å². The maximum absolute atomic E-state index is 12.2. The van der Waals surface area contributed by atoms with Crippen LogP contribution in [-0.4, -0.2) is 39.0 Å². The Morgan fingerprint density at radius 2 is 2.32 bits per heavy atom. The Hall–Kier alpha value is -1.95. The predicted molar refractivity (Wildman–Crippen MR) is 69.7 cm³/mol. The van der Waals surface area contributed by atoms with Crippen molar-refractivity contribution in [2.24, 2.45) is 0 Å². The first-order valence-corrected chi connectivity index (χ1v) is 6.65. The molecule has 2 bridgehead atoms. The van der Waals surface area contributed by atoms with Crippen LogP contribution >= 0.6 is 0 Å². The normalized spacial score (nSPS) is 28.9. The highest BCUT2D eigenvalue weighted by molar-refractivity contribution is 5.95. The molecule has 3 atom stereocenters. The summed E-state index contributed by atoms with van der Waals surface area (Å²) in [5, 5.41) is 6.59. The van der Waals surface area contributed by atoms with Crippen molar-refractivity contribution in [1.82, 2.24) is 25.6 Å². The van der Waals surface area contributed by atoms with Crippen LogP contribution < -0.4 is 10.6 Å². The molecule has 0 aromatic carbocycles. The highest BCUT2D eigenvalue weighted by atomic mass is 16.2. The number of pyridine rings is 1. The van der Waals surface area contributed by atoms with E-state index in [1.807, 2.05) is 0 Å². The smallest absolute Gasteiger partial charge is 0.270 e. The summed E-state index contributed by atoms with van der Waals surface area (Å²) >= 11 is 0. The third-order valence-corrected chi connectivity index (χ3v) is 4.16. The zero-order chi connectivity index (χ0) is 12.8. The maximum atomic E-state index is 12.2. The molecule has 4 heterocycles. The highest BCUT2D eigenvalue weighted by Gasteiger charge is 2.39. The van der Waals surface area contributed by atoms with Crippen molar-refractivity contribution in [3.63, 3.8) is 0 Å². The minimum absolute atomic E-state index is 0.107. The number of carbonyl (C=O) groups is 1. The Kier molecular flexibility index (Phi) is 2.32. The molecule has 4 rings (SSSR count). The van der Waals surface area contributed by atoms with Gasteiger partial charge >= 0.3 is 0 Å². The molecular weight excluding hydrogens is 242 g/mol. The van der Waals surface area contributed by atoms with Gasteiger partial charge in [0.2, 0.25) is 0 Å². The van der Waals surface area contributed by atoms with E-state index in [2.05, 4.69) is 25.6 Å². The largest absolute Gasteiger partial charge is 0.346 e. The van der Waals surface area contributed by atoms with Crippen LogP contribution in [0.15, 0.2) is 18.6 Å². The number of nitrogens with zero attached hydrogens (tertiary/aromatic N) is 2. The van der Waals surface area contributed by atoms with Crippen LogP contribution in [0.2, 0.25) is 0 Å². The summed E-state index contributed by atoms with van der Waals surface area (Å²) < 4.78 is 0. The lowest BCUT2D eigenvalue weighted by atomic mass is 9.95. The lowest BCUT2D eigenvalue weighted by molar-refractivity contribution is 0.0926. The molecule has 2 saturated heterocycles. The second-order valence-electron chi connectivity index (χ2n) is 5.35. The Morgan fingerprint density at radius 3 is 3.11 bits per heavy atom. The third-order valence-electron chi connectivity index (χ3n) is 4.16. The molecule has 0 spiro atoms. The molecular formula is C13H15N5O. The van der Waals surface area contributed by atoms with Crippen LogP contribution in [0.4, 0.5) is 0 Å². The molecule has 0 radical (unpaired) electrons. The van der Waals surface area contributed by atoms with Gasteiger partial charge in [-0.3, -0.25) is 4.79 Å². The minimum Gasteiger partial charge on any atom is -0.346 e. The van der Waals surface area contributed by atoms with E-state index in [0.717, 1.165) is 23.9 Å². The summed E-state index contributed by atoms with van der Waals surface area (Å²) in [5.74, 6) is -0.107. The molecule has 3 N–H and O–H groups in total. The molecule has 0 aliphatic carbocycles. The lowest BCUT2D eigenvalue weighted by Gasteiger charge is -2.21. The Morgan fingerprint density at radius 1 is 1.37 bits per heavy atom. The van der Waals surface area contributed by atoms with E-state index in [-0.39, 0.29) is 11.9 Å². The second kappa shape index (κ2) is 4.03. The number of carbonyl (C=O) groups excluding carboxylic acids is 1. The molecule has 1 amide bonds. The van der Waals surface area contributed by atoms with E-state index in [4.69, 9.17) is 0 Å². The zero-order valence-electron chi connectivity index (χ0n) is 10.4. The molecule has 0 unspecified atom stereocenters. The predicted octanol–water partition coefficient (Wildman–Crippen LogP) is 0.581. The first-order chi connectivity index (χ1) is 9.29. The van der Waals surface area contributed by atoms with Gasteiger partial charge in [-0.1, -0.05) is 0 Å². The molecule has 98 valence electrons. The molecule has 2 aliphatic rings. The number of fused-ring (bicyclic) bond motifs is 3. The average Bonchev–Trinajstić information content (AvgIpc) is 3.13. The van der Waals surface area contributed by atoms with E-state index in [9.17, 15) is 4.79 Å². The SMILES string of the molecule is O=C(N[C@@H]1C[C@H]2CC[C@@H]1N2)c1cc2nc[nH]c2cn1. The topological polar surface area (TPSA) is 82.7 Å². The quantitative estimate of drug-likeness (QED) is 0.735. The molecule has 0 saturated carbocycles. The zero-order valence-corrected chi connectivity index (χ0v) is 10.4. The van der Waals surface area contributed by atoms with Crippen LogP contribution in [0, 0.1) is 0 Å². The van der Waals surface area contributed by atoms with Crippen molar-refractivity contribution < 1.29 is 4.79 Å². The minimum atomic E-state index is -0.107. The van der Waals surface area contributed by atoms with Gasteiger partial charge in [0.05, 0.1) is 23.6 Å². The fraction of sp³-hybridized carbons (Fsp3) is 0.462. The van der Waals surface area contributed by atoms with Crippen LogP contribution in [0.5, 0.6) is 0 Å². The average molecular weight is 257 g/mol. The van der Waals surface area contributed by atoms with Crippen LogP contribution in [0.25, 0.3) is 11.0 Å². The highest BCUT2D eigenvalue weighted by Crippen LogP contribution is 2.28.